The molecule has 0 bridgehead atoms. The molecule has 0 rings (SSSR count). The lowest BCUT2D eigenvalue weighted by Gasteiger charge is -2.22. The molecule has 0 radical (unpaired) electrons. The first-order valence-corrected chi connectivity index (χ1v) is 5.67. The zero-order valence-electron chi connectivity index (χ0n) is 10.6. The summed E-state index contributed by atoms with van der Waals surface area (Å²) in [5.74, 6) is -2.51. The van der Waals surface area contributed by atoms with Crippen LogP contribution in [0.5, 0.6) is 0 Å². The molecule has 0 aromatic heterocycles. The monoisotopic (exact) mass is 261 g/mol. The molecule has 1 unspecified atom stereocenters. The molecule has 0 aromatic carbocycles. The minimum atomic E-state index is -1.55. The number of carboxylic acids is 2. The first-order chi connectivity index (χ1) is 8.31. The Kier molecular flexibility index (Phi) is 6.77. The second-order valence-corrected chi connectivity index (χ2v) is 4.28. The first-order valence-electron chi connectivity index (χ1n) is 5.67. The van der Waals surface area contributed by atoms with Crippen molar-refractivity contribution >= 4 is 18.0 Å². The molecule has 7 nitrogen and oxygen atoms in total. The Morgan fingerprint density at radius 2 is 1.89 bits per heavy atom. The van der Waals surface area contributed by atoms with Crippen molar-refractivity contribution in [3.05, 3.63) is 0 Å². The molecule has 0 aliphatic rings. The summed E-state index contributed by atoms with van der Waals surface area (Å²) < 4.78 is 4.77. The van der Waals surface area contributed by atoms with E-state index in [1.54, 1.807) is 0 Å². The molecule has 7 heteroatoms. The highest BCUT2D eigenvalue weighted by Gasteiger charge is 2.36. The van der Waals surface area contributed by atoms with Gasteiger partial charge in [-0.05, 0) is 13.3 Å². The molecular weight excluding hydrogens is 242 g/mol. The van der Waals surface area contributed by atoms with Crippen molar-refractivity contribution in [3.63, 3.8) is 0 Å². The molecule has 0 fully saturated rings. The first kappa shape index (κ1) is 16.2. The summed E-state index contributed by atoms with van der Waals surface area (Å²) >= 11 is 0. The average molecular weight is 261 g/mol. The highest BCUT2D eigenvalue weighted by atomic mass is 16.5. The summed E-state index contributed by atoms with van der Waals surface area (Å²) in [5.41, 5.74) is -1.55. The second kappa shape index (κ2) is 7.52. The highest BCUT2D eigenvalue weighted by molar-refractivity contribution is 5.82. The number of unbranched alkanes of at least 4 members (excludes halogenated alkanes) is 1. The fourth-order valence-electron chi connectivity index (χ4n) is 1.17. The Morgan fingerprint density at radius 3 is 2.33 bits per heavy atom. The van der Waals surface area contributed by atoms with E-state index < -0.39 is 29.9 Å². The molecule has 3 N–H and O–H groups in total. The van der Waals surface area contributed by atoms with Gasteiger partial charge in [-0.3, -0.25) is 9.59 Å². The minimum Gasteiger partial charge on any atom is -0.481 e. The van der Waals surface area contributed by atoms with Crippen LogP contribution in [0.1, 0.15) is 33.1 Å². The van der Waals surface area contributed by atoms with E-state index in [1.807, 2.05) is 6.92 Å². The highest BCUT2D eigenvalue weighted by Crippen LogP contribution is 2.20. The van der Waals surface area contributed by atoms with Crippen LogP contribution in [0.4, 0.5) is 4.79 Å². The van der Waals surface area contributed by atoms with Crippen molar-refractivity contribution in [2.45, 2.75) is 33.1 Å². The smallest absolute Gasteiger partial charge is 0.407 e. The molecule has 0 saturated heterocycles. The van der Waals surface area contributed by atoms with E-state index in [-0.39, 0.29) is 13.2 Å². The number of amides is 1. The molecule has 0 saturated carbocycles. The van der Waals surface area contributed by atoms with Crippen LogP contribution in [-0.4, -0.2) is 41.4 Å². The van der Waals surface area contributed by atoms with E-state index >= 15 is 0 Å². The van der Waals surface area contributed by atoms with Crippen molar-refractivity contribution in [2.75, 3.05) is 13.2 Å². The van der Waals surface area contributed by atoms with Gasteiger partial charge < -0.3 is 20.3 Å². The molecule has 0 aliphatic heterocycles. The van der Waals surface area contributed by atoms with Gasteiger partial charge in [-0.15, -0.1) is 0 Å². The number of hydrogen-bond donors (Lipinski definition) is 3. The van der Waals surface area contributed by atoms with Gasteiger partial charge in [0, 0.05) is 6.54 Å². The Morgan fingerprint density at radius 1 is 1.28 bits per heavy atom. The van der Waals surface area contributed by atoms with Gasteiger partial charge in [0.15, 0.2) is 0 Å². The van der Waals surface area contributed by atoms with Crippen LogP contribution in [0.3, 0.4) is 0 Å². The third-order valence-electron chi connectivity index (χ3n) is 2.41. The van der Waals surface area contributed by atoms with Gasteiger partial charge in [-0.1, -0.05) is 13.3 Å². The summed E-state index contributed by atoms with van der Waals surface area (Å²) in [7, 11) is 0. The van der Waals surface area contributed by atoms with Crippen LogP contribution in [0.15, 0.2) is 0 Å². The molecule has 104 valence electrons. The zero-order valence-corrected chi connectivity index (χ0v) is 10.6. The maximum Gasteiger partial charge on any atom is 0.407 e. The second-order valence-electron chi connectivity index (χ2n) is 4.28. The Hall–Kier alpha value is -1.79. The van der Waals surface area contributed by atoms with E-state index in [0.717, 1.165) is 12.8 Å². The number of rotatable bonds is 8. The van der Waals surface area contributed by atoms with Crippen LogP contribution < -0.4 is 5.32 Å². The van der Waals surface area contributed by atoms with Crippen molar-refractivity contribution in [1.82, 2.24) is 5.32 Å². The van der Waals surface area contributed by atoms with Crippen molar-refractivity contribution in [1.29, 1.82) is 0 Å². The number of hydrogen-bond acceptors (Lipinski definition) is 4. The maximum absolute atomic E-state index is 11.2. The van der Waals surface area contributed by atoms with Crippen LogP contribution in [0, 0.1) is 5.41 Å². The van der Waals surface area contributed by atoms with E-state index in [4.69, 9.17) is 14.9 Å². The lowest BCUT2D eigenvalue weighted by molar-refractivity contribution is -0.154. The van der Waals surface area contributed by atoms with Gasteiger partial charge in [0.05, 0.1) is 18.4 Å². The fourth-order valence-corrected chi connectivity index (χ4v) is 1.17. The fraction of sp³-hybridized carbons (Fsp3) is 0.727. The number of aliphatic carboxylic acids is 2. The average Bonchev–Trinajstić information content (AvgIpc) is 2.25. The largest absolute Gasteiger partial charge is 0.481 e. The van der Waals surface area contributed by atoms with Crippen molar-refractivity contribution < 1.29 is 29.3 Å². The van der Waals surface area contributed by atoms with E-state index in [0.29, 0.717) is 0 Å². The molecule has 18 heavy (non-hydrogen) atoms. The number of carbonyl (C=O) groups excluding carboxylic acids is 1. The minimum absolute atomic E-state index is 0.255. The number of carbonyl (C=O) groups is 3. The number of nitrogens with one attached hydrogen (secondary N) is 1. The summed E-state index contributed by atoms with van der Waals surface area (Å²) in [5, 5.41) is 19.8. The number of ether oxygens (including phenoxy) is 1. The van der Waals surface area contributed by atoms with Gasteiger partial charge >= 0.3 is 18.0 Å². The standard InChI is InChI=1S/C11H19NO6/c1-3-4-5-18-10(17)12-7-11(2,9(15)16)6-8(13)14/h3-7H2,1-2H3,(H,12,17)(H,13,14)(H,15,16). The zero-order chi connectivity index (χ0) is 14.2. The van der Waals surface area contributed by atoms with Crippen LogP contribution in [0.2, 0.25) is 0 Å². The topological polar surface area (TPSA) is 113 Å². The molecule has 0 aliphatic carbocycles. The summed E-state index contributed by atoms with van der Waals surface area (Å²) in [6.07, 6.45) is 0.288. The predicted octanol–water partition coefficient (Wildman–Crippen LogP) is 1.08. The Balaban J connectivity index is 4.23. The van der Waals surface area contributed by atoms with Gasteiger partial charge in [-0.2, -0.15) is 0 Å². The van der Waals surface area contributed by atoms with Crippen LogP contribution in [-0.2, 0) is 14.3 Å². The van der Waals surface area contributed by atoms with Gasteiger partial charge in [0.2, 0.25) is 0 Å². The third kappa shape index (κ3) is 6.07. The Labute approximate surface area is 105 Å². The molecule has 0 heterocycles. The molecular formula is C11H19NO6. The molecule has 0 spiro atoms. The quantitative estimate of drug-likeness (QED) is 0.563. The lowest BCUT2D eigenvalue weighted by Crippen LogP contribution is -2.42. The van der Waals surface area contributed by atoms with Crippen LogP contribution in [0.25, 0.3) is 0 Å². The van der Waals surface area contributed by atoms with Gasteiger partial charge in [0.25, 0.3) is 0 Å². The number of alkyl carbamates (subject to hydrolysis) is 1. The summed E-state index contributed by atoms with van der Waals surface area (Å²) in [4.78, 5) is 32.7. The number of carboxylic acid groups (broad SMARTS) is 2. The van der Waals surface area contributed by atoms with Crippen LogP contribution >= 0.6 is 0 Å². The van der Waals surface area contributed by atoms with Crippen molar-refractivity contribution in [3.8, 4) is 0 Å². The SMILES string of the molecule is CCCCOC(=O)NCC(C)(CC(=O)O)C(=O)O. The summed E-state index contributed by atoms with van der Waals surface area (Å²) in [6.45, 7) is 3.16. The van der Waals surface area contributed by atoms with Gasteiger partial charge in [-0.25, -0.2) is 4.79 Å². The van der Waals surface area contributed by atoms with E-state index in [9.17, 15) is 14.4 Å². The molecule has 1 amide bonds. The van der Waals surface area contributed by atoms with Crippen molar-refractivity contribution in [2.24, 2.45) is 5.41 Å². The van der Waals surface area contributed by atoms with E-state index in [2.05, 4.69) is 5.32 Å². The maximum atomic E-state index is 11.2. The lowest BCUT2D eigenvalue weighted by atomic mass is 9.87. The third-order valence-corrected chi connectivity index (χ3v) is 2.41. The van der Waals surface area contributed by atoms with E-state index in [1.165, 1.54) is 6.92 Å². The predicted molar refractivity (Wildman–Crippen MR) is 62.3 cm³/mol. The van der Waals surface area contributed by atoms with Gasteiger partial charge in [0.1, 0.15) is 0 Å². The normalized spacial score (nSPS) is 13.4. The summed E-state index contributed by atoms with van der Waals surface area (Å²) in [6, 6.07) is 0. The Bertz CT molecular complexity index is 317. The molecule has 1 atom stereocenters. The molecule has 0 aromatic rings.